The summed E-state index contributed by atoms with van der Waals surface area (Å²) in [6, 6.07) is 13.5. The molecule has 1 heterocycles. The van der Waals surface area contributed by atoms with Gasteiger partial charge in [-0.15, -0.1) is 0 Å². The van der Waals surface area contributed by atoms with Gasteiger partial charge in [0.25, 0.3) is 5.91 Å². The van der Waals surface area contributed by atoms with Gasteiger partial charge < -0.3 is 5.32 Å². The fourth-order valence-electron chi connectivity index (χ4n) is 1.69. The molecule has 3 nitrogen and oxygen atoms in total. The molecule has 100 valence electrons. The predicted octanol–water partition coefficient (Wildman–Crippen LogP) is 2.92. The molecule has 0 aliphatic carbocycles. The number of aromatic nitrogens is 1. The SMILES string of the molecule is C=C(C(=O)NCC=Cc1ccccc1)c1cccnc1. The standard InChI is InChI=1S/C17H16N2O/c1-14(16-10-6-11-18-13-16)17(20)19-12-5-9-15-7-3-2-4-8-15/h2-11,13H,1,12H2,(H,19,20). The van der Waals surface area contributed by atoms with Crippen LogP contribution in [0.3, 0.4) is 0 Å². The third-order valence-electron chi connectivity index (χ3n) is 2.77. The van der Waals surface area contributed by atoms with E-state index in [1.807, 2.05) is 48.6 Å². The normalized spacial score (nSPS) is 10.4. The van der Waals surface area contributed by atoms with Crippen molar-refractivity contribution >= 4 is 17.6 Å². The number of hydrogen-bond acceptors (Lipinski definition) is 2. The van der Waals surface area contributed by atoms with Gasteiger partial charge in [0.2, 0.25) is 0 Å². The van der Waals surface area contributed by atoms with Gasteiger partial charge in [0, 0.05) is 30.1 Å². The maximum atomic E-state index is 11.9. The third kappa shape index (κ3) is 3.92. The number of rotatable bonds is 5. The zero-order valence-electron chi connectivity index (χ0n) is 11.1. The summed E-state index contributed by atoms with van der Waals surface area (Å²) >= 11 is 0. The number of nitrogens with one attached hydrogen (secondary N) is 1. The second-order valence-electron chi connectivity index (χ2n) is 4.24. The molecule has 0 fully saturated rings. The molecule has 1 aromatic carbocycles. The summed E-state index contributed by atoms with van der Waals surface area (Å²) in [5.41, 5.74) is 2.26. The smallest absolute Gasteiger partial charge is 0.251 e. The Bertz CT molecular complexity index is 603. The first-order valence-corrected chi connectivity index (χ1v) is 6.36. The molecule has 1 amide bonds. The van der Waals surface area contributed by atoms with Crippen molar-refractivity contribution in [1.29, 1.82) is 0 Å². The van der Waals surface area contributed by atoms with Gasteiger partial charge in [-0.2, -0.15) is 0 Å². The van der Waals surface area contributed by atoms with Crippen molar-refractivity contribution < 1.29 is 4.79 Å². The van der Waals surface area contributed by atoms with Crippen LogP contribution in [0.1, 0.15) is 11.1 Å². The molecule has 2 aromatic rings. The van der Waals surface area contributed by atoms with Gasteiger partial charge in [-0.05, 0) is 11.6 Å². The minimum Gasteiger partial charge on any atom is -0.349 e. The van der Waals surface area contributed by atoms with Gasteiger partial charge in [-0.3, -0.25) is 9.78 Å². The van der Waals surface area contributed by atoms with E-state index >= 15 is 0 Å². The number of benzene rings is 1. The number of carbonyl (C=O) groups is 1. The summed E-state index contributed by atoms with van der Waals surface area (Å²) in [6.45, 7) is 4.25. The molecule has 1 aromatic heterocycles. The van der Waals surface area contributed by atoms with E-state index in [0.29, 0.717) is 12.1 Å². The average Bonchev–Trinajstić information content (AvgIpc) is 2.52. The second-order valence-corrected chi connectivity index (χ2v) is 4.24. The highest BCUT2D eigenvalue weighted by molar-refractivity contribution is 6.18. The Kier molecular flexibility index (Phi) is 4.84. The Labute approximate surface area is 118 Å². The number of carbonyl (C=O) groups excluding carboxylic acids is 1. The lowest BCUT2D eigenvalue weighted by Gasteiger charge is -2.05. The molecule has 0 saturated heterocycles. The summed E-state index contributed by atoms with van der Waals surface area (Å²) in [6.07, 6.45) is 7.16. The Balaban J connectivity index is 1.84. The van der Waals surface area contributed by atoms with Gasteiger partial charge in [-0.1, -0.05) is 55.1 Å². The van der Waals surface area contributed by atoms with Gasteiger partial charge in [0.15, 0.2) is 0 Å². The van der Waals surface area contributed by atoms with E-state index in [-0.39, 0.29) is 5.91 Å². The highest BCUT2D eigenvalue weighted by Gasteiger charge is 2.07. The molecule has 20 heavy (non-hydrogen) atoms. The lowest BCUT2D eigenvalue weighted by atomic mass is 10.1. The van der Waals surface area contributed by atoms with Gasteiger partial charge >= 0.3 is 0 Å². The van der Waals surface area contributed by atoms with Crippen molar-refractivity contribution in [3.8, 4) is 0 Å². The molecule has 0 radical (unpaired) electrons. The van der Waals surface area contributed by atoms with Crippen LogP contribution in [0.2, 0.25) is 0 Å². The van der Waals surface area contributed by atoms with Crippen molar-refractivity contribution in [3.63, 3.8) is 0 Å². The number of hydrogen-bond donors (Lipinski definition) is 1. The van der Waals surface area contributed by atoms with E-state index in [4.69, 9.17) is 0 Å². The van der Waals surface area contributed by atoms with Crippen molar-refractivity contribution in [2.45, 2.75) is 0 Å². The quantitative estimate of drug-likeness (QED) is 0.844. The van der Waals surface area contributed by atoms with Gasteiger partial charge in [0.05, 0.1) is 0 Å². The maximum Gasteiger partial charge on any atom is 0.251 e. The molecule has 0 saturated carbocycles. The molecule has 0 atom stereocenters. The zero-order valence-corrected chi connectivity index (χ0v) is 11.1. The molecule has 3 heteroatoms. The second kappa shape index (κ2) is 7.04. The highest BCUT2D eigenvalue weighted by Crippen LogP contribution is 2.09. The van der Waals surface area contributed by atoms with Crippen LogP contribution >= 0.6 is 0 Å². The van der Waals surface area contributed by atoms with Gasteiger partial charge in [-0.25, -0.2) is 0 Å². The Morgan fingerprint density at radius 2 is 2.00 bits per heavy atom. The Hall–Kier alpha value is -2.68. The number of nitrogens with zero attached hydrogens (tertiary/aromatic N) is 1. The topological polar surface area (TPSA) is 42.0 Å². The predicted molar refractivity (Wildman–Crippen MR) is 81.8 cm³/mol. The third-order valence-corrected chi connectivity index (χ3v) is 2.77. The molecule has 0 aliphatic rings. The molecular weight excluding hydrogens is 248 g/mol. The van der Waals surface area contributed by atoms with E-state index in [9.17, 15) is 4.79 Å². The summed E-state index contributed by atoms with van der Waals surface area (Å²) in [5.74, 6) is -0.185. The first-order chi connectivity index (χ1) is 9.77. The van der Waals surface area contributed by atoms with Crippen LogP contribution < -0.4 is 5.32 Å². The van der Waals surface area contributed by atoms with E-state index in [0.717, 1.165) is 11.1 Å². The van der Waals surface area contributed by atoms with Crippen LogP contribution in [-0.2, 0) is 4.79 Å². The zero-order chi connectivity index (χ0) is 14.2. The lowest BCUT2D eigenvalue weighted by Crippen LogP contribution is -2.23. The van der Waals surface area contributed by atoms with Crippen LogP contribution in [0, 0.1) is 0 Å². The monoisotopic (exact) mass is 264 g/mol. The summed E-state index contributed by atoms with van der Waals surface area (Å²) in [4.78, 5) is 15.9. The van der Waals surface area contributed by atoms with Crippen molar-refractivity contribution in [2.75, 3.05) is 6.54 Å². The van der Waals surface area contributed by atoms with Gasteiger partial charge in [0.1, 0.15) is 0 Å². The molecule has 2 rings (SSSR count). The van der Waals surface area contributed by atoms with Crippen LogP contribution in [0.15, 0.2) is 67.5 Å². The largest absolute Gasteiger partial charge is 0.349 e. The molecule has 0 aliphatic heterocycles. The fraction of sp³-hybridized carbons (Fsp3) is 0.0588. The van der Waals surface area contributed by atoms with E-state index in [1.165, 1.54) is 0 Å². The lowest BCUT2D eigenvalue weighted by molar-refractivity contribution is -0.115. The molecule has 1 N–H and O–H groups in total. The molecule has 0 spiro atoms. The van der Waals surface area contributed by atoms with Crippen LogP contribution in [0.5, 0.6) is 0 Å². The van der Waals surface area contributed by atoms with Crippen LogP contribution in [0.25, 0.3) is 11.6 Å². The Morgan fingerprint density at radius 1 is 1.20 bits per heavy atom. The number of amides is 1. The maximum absolute atomic E-state index is 11.9. The van der Waals surface area contributed by atoms with Crippen LogP contribution in [-0.4, -0.2) is 17.4 Å². The first-order valence-electron chi connectivity index (χ1n) is 6.36. The molecule has 0 bridgehead atoms. The minimum absolute atomic E-state index is 0.185. The molecule has 0 unspecified atom stereocenters. The Morgan fingerprint density at radius 3 is 2.70 bits per heavy atom. The highest BCUT2D eigenvalue weighted by atomic mass is 16.1. The van der Waals surface area contributed by atoms with Crippen molar-refractivity contribution in [1.82, 2.24) is 10.3 Å². The number of pyridine rings is 1. The van der Waals surface area contributed by atoms with E-state index < -0.39 is 0 Å². The summed E-state index contributed by atoms with van der Waals surface area (Å²) < 4.78 is 0. The van der Waals surface area contributed by atoms with E-state index in [2.05, 4.69) is 16.9 Å². The van der Waals surface area contributed by atoms with Crippen LogP contribution in [0.4, 0.5) is 0 Å². The summed E-state index contributed by atoms with van der Waals surface area (Å²) in [7, 11) is 0. The molecular formula is C17H16N2O. The van der Waals surface area contributed by atoms with Crippen molar-refractivity contribution in [2.24, 2.45) is 0 Å². The minimum atomic E-state index is -0.185. The fourth-order valence-corrected chi connectivity index (χ4v) is 1.69. The summed E-state index contributed by atoms with van der Waals surface area (Å²) in [5, 5.41) is 2.80. The van der Waals surface area contributed by atoms with Crippen molar-refractivity contribution in [3.05, 3.63) is 78.6 Å². The first kappa shape index (κ1) is 13.7. The van der Waals surface area contributed by atoms with E-state index in [1.54, 1.807) is 18.5 Å². The average molecular weight is 264 g/mol.